The summed E-state index contributed by atoms with van der Waals surface area (Å²) in [7, 11) is 1.59. The topological polar surface area (TPSA) is 70.7 Å². The molecule has 2 N–H and O–H groups in total. The second-order valence-corrected chi connectivity index (χ2v) is 8.59. The lowest BCUT2D eigenvalue weighted by atomic mass is 10.0. The molecule has 2 amide bonds. The fourth-order valence-corrected chi connectivity index (χ4v) is 3.75. The molecule has 3 aromatic carbocycles. The number of hydrogen-bond acceptors (Lipinski definition) is 4. The van der Waals surface area contributed by atoms with E-state index in [0.717, 1.165) is 11.1 Å². The van der Waals surface area contributed by atoms with Gasteiger partial charge in [-0.15, -0.1) is 0 Å². The number of hydrazine groups is 1. The van der Waals surface area contributed by atoms with Crippen LogP contribution in [-0.4, -0.2) is 36.5 Å². The maximum atomic E-state index is 13.6. The van der Waals surface area contributed by atoms with Gasteiger partial charge < -0.3 is 10.1 Å². The van der Waals surface area contributed by atoms with Crippen LogP contribution in [0.25, 0.3) is 0 Å². The number of amides is 2. The monoisotopic (exact) mass is 499 g/mol. The fraction of sp³-hybridized carbons (Fsp3) is 0.231. The molecule has 3 rings (SSSR count). The van der Waals surface area contributed by atoms with Crippen LogP contribution in [0.1, 0.15) is 28.4 Å². The van der Waals surface area contributed by atoms with Crippen LogP contribution < -0.4 is 15.5 Å². The van der Waals surface area contributed by atoms with E-state index in [9.17, 15) is 9.59 Å². The van der Waals surface area contributed by atoms with Crippen LogP contribution in [0.5, 0.6) is 5.75 Å². The highest BCUT2D eigenvalue weighted by Gasteiger charge is 2.27. The predicted molar refractivity (Wildman–Crippen MR) is 137 cm³/mol. The standard InChI is InChI=1S/C26H27Cl2N3O3/c1-4-31(30-20-9-11-21(34-3)12-10-20)26(33)24(16-18-8-13-22(27)23(28)15-18)29-25(32)19-7-5-6-17(2)14-19/h5-15,24,30H,4,16H2,1-3H3,(H,29,32). The largest absolute Gasteiger partial charge is 0.497 e. The Morgan fingerprint density at radius 1 is 1.00 bits per heavy atom. The Bertz CT molecular complexity index is 1150. The Morgan fingerprint density at radius 3 is 2.35 bits per heavy atom. The SMILES string of the molecule is CCN(Nc1ccc(OC)cc1)C(=O)C(Cc1ccc(Cl)c(Cl)c1)NC(=O)c1cccc(C)c1. The number of anilines is 1. The summed E-state index contributed by atoms with van der Waals surface area (Å²) >= 11 is 12.2. The van der Waals surface area contributed by atoms with Crippen molar-refractivity contribution in [2.45, 2.75) is 26.3 Å². The van der Waals surface area contributed by atoms with Crippen LogP contribution in [0.3, 0.4) is 0 Å². The van der Waals surface area contributed by atoms with Gasteiger partial charge in [0.05, 0.1) is 22.8 Å². The minimum absolute atomic E-state index is 0.244. The highest BCUT2D eigenvalue weighted by atomic mass is 35.5. The Morgan fingerprint density at radius 2 is 1.74 bits per heavy atom. The highest BCUT2D eigenvalue weighted by molar-refractivity contribution is 6.42. The summed E-state index contributed by atoms with van der Waals surface area (Å²) in [6.45, 7) is 4.14. The van der Waals surface area contributed by atoms with Crippen molar-refractivity contribution in [1.82, 2.24) is 10.3 Å². The summed E-state index contributed by atoms with van der Waals surface area (Å²) in [5.74, 6) is 0.0934. The van der Waals surface area contributed by atoms with Crippen molar-refractivity contribution in [3.05, 3.63) is 93.5 Å². The zero-order chi connectivity index (χ0) is 24.7. The predicted octanol–water partition coefficient (Wildman–Crippen LogP) is 5.53. The van der Waals surface area contributed by atoms with E-state index < -0.39 is 6.04 Å². The quantitative estimate of drug-likeness (QED) is 0.380. The van der Waals surface area contributed by atoms with Crippen LogP contribution in [-0.2, 0) is 11.2 Å². The molecular weight excluding hydrogens is 473 g/mol. The maximum absolute atomic E-state index is 13.6. The van der Waals surface area contributed by atoms with Gasteiger partial charge >= 0.3 is 0 Å². The first kappa shape index (κ1) is 25.4. The lowest BCUT2D eigenvalue weighted by Gasteiger charge is -2.28. The molecule has 0 saturated heterocycles. The Hall–Kier alpha value is -3.22. The lowest BCUT2D eigenvalue weighted by molar-refractivity contribution is -0.131. The van der Waals surface area contributed by atoms with E-state index >= 15 is 0 Å². The van der Waals surface area contributed by atoms with Gasteiger partial charge in [0, 0.05) is 18.5 Å². The molecule has 0 saturated carbocycles. The van der Waals surface area contributed by atoms with E-state index in [0.29, 0.717) is 33.6 Å². The van der Waals surface area contributed by atoms with Crippen molar-refractivity contribution in [2.24, 2.45) is 0 Å². The van der Waals surface area contributed by atoms with Crippen LogP contribution in [0.4, 0.5) is 5.69 Å². The smallest absolute Gasteiger partial charge is 0.263 e. The molecule has 0 radical (unpaired) electrons. The van der Waals surface area contributed by atoms with Crippen molar-refractivity contribution in [3.8, 4) is 5.75 Å². The molecule has 178 valence electrons. The summed E-state index contributed by atoms with van der Waals surface area (Å²) in [6.07, 6.45) is 0.244. The molecule has 6 nitrogen and oxygen atoms in total. The van der Waals surface area contributed by atoms with Crippen LogP contribution >= 0.6 is 23.2 Å². The Kier molecular flexibility index (Phi) is 8.79. The maximum Gasteiger partial charge on any atom is 0.263 e. The van der Waals surface area contributed by atoms with E-state index in [4.69, 9.17) is 27.9 Å². The summed E-state index contributed by atoms with van der Waals surface area (Å²) in [5.41, 5.74) is 6.05. The minimum atomic E-state index is -0.837. The van der Waals surface area contributed by atoms with E-state index in [1.807, 2.05) is 38.1 Å². The number of aryl methyl sites for hydroxylation is 1. The third-order valence-electron chi connectivity index (χ3n) is 5.24. The molecule has 34 heavy (non-hydrogen) atoms. The number of carbonyl (C=O) groups is 2. The molecule has 0 bridgehead atoms. The average Bonchev–Trinajstić information content (AvgIpc) is 2.84. The molecule has 0 aromatic heterocycles. The number of nitrogens with one attached hydrogen (secondary N) is 2. The summed E-state index contributed by atoms with van der Waals surface area (Å²) in [4.78, 5) is 26.6. The second-order valence-electron chi connectivity index (χ2n) is 7.77. The Labute approximate surface area is 209 Å². The molecule has 0 fully saturated rings. The van der Waals surface area contributed by atoms with E-state index in [1.54, 1.807) is 49.6 Å². The molecule has 0 spiro atoms. The van der Waals surface area contributed by atoms with Crippen molar-refractivity contribution < 1.29 is 14.3 Å². The fourth-order valence-electron chi connectivity index (χ4n) is 3.43. The van der Waals surface area contributed by atoms with Crippen LogP contribution in [0.2, 0.25) is 10.0 Å². The molecule has 1 unspecified atom stereocenters. The van der Waals surface area contributed by atoms with Gasteiger partial charge in [-0.2, -0.15) is 0 Å². The third-order valence-corrected chi connectivity index (χ3v) is 5.98. The number of halogens is 2. The summed E-state index contributed by atoms with van der Waals surface area (Å²) in [5, 5.41) is 5.18. The normalized spacial score (nSPS) is 11.4. The van der Waals surface area contributed by atoms with Crippen LogP contribution in [0.15, 0.2) is 66.7 Å². The number of nitrogens with zero attached hydrogens (tertiary/aromatic N) is 1. The first-order valence-electron chi connectivity index (χ1n) is 10.8. The molecule has 8 heteroatoms. The van der Waals surface area contributed by atoms with Gasteiger partial charge in [-0.1, -0.05) is 47.0 Å². The summed E-state index contributed by atoms with van der Waals surface area (Å²) < 4.78 is 5.19. The Balaban J connectivity index is 1.85. The molecule has 3 aromatic rings. The number of methoxy groups -OCH3 is 1. The molecule has 0 aliphatic carbocycles. The molecule has 0 heterocycles. The van der Waals surface area contributed by atoms with E-state index in [1.165, 1.54) is 5.01 Å². The number of rotatable bonds is 9. The first-order chi connectivity index (χ1) is 16.3. The van der Waals surface area contributed by atoms with Crippen molar-refractivity contribution in [3.63, 3.8) is 0 Å². The third kappa shape index (κ3) is 6.65. The number of hydrogen-bond donors (Lipinski definition) is 2. The first-order valence-corrected chi connectivity index (χ1v) is 11.6. The molecule has 1 atom stereocenters. The van der Waals surface area contributed by atoms with Gasteiger partial charge in [0.2, 0.25) is 0 Å². The minimum Gasteiger partial charge on any atom is -0.497 e. The number of likely N-dealkylation sites (N-methyl/N-ethyl adjacent to an activating group) is 1. The van der Waals surface area contributed by atoms with Crippen LogP contribution in [0, 0.1) is 6.92 Å². The van der Waals surface area contributed by atoms with Crippen molar-refractivity contribution >= 4 is 40.7 Å². The number of ether oxygens (including phenoxy) is 1. The number of carbonyl (C=O) groups excluding carboxylic acids is 2. The van der Waals surface area contributed by atoms with Gasteiger partial charge in [-0.05, 0) is 67.9 Å². The lowest BCUT2D eigenvalue weighted by Crippen LogP contribution is -2.51. The van der Waals surface area contributed by atoms with Crippen molar-refractivity contribution in [2.75, 3.05) is 19.1 Å². The second kappa shape index (κ2) is 11.8. The zero-order valence-electron chi connectivity index (χ0n) is 19.3. The van der Waals surface area contributed by atoms with Gasteiger partial charge in [0.15, 0.2) is 0 Å². The van der Waals surface area contributed by atoms with Crippen molar-refractivity contribution in [1.29, 1.82) is 0 Å². The summed E-state index contributed by atoms with van der Waals surface area (Å²) in [6, 6.07) is 18.8. The zero-order valence-corrected chi connectivity index (χ0v) is 20.8. The average molecular weight is 500 g/mol. The van der Waals surface area contributed by atoms with Gasteiger partial charge in [0.25, 0.3) is 11.8 Å². The number of benzene rings is 3. The molecular formula is C26H27Cl2N3O3. The highest BCUT2D eigenvalue weighted by Crippen LogP contribution is 2.24. The molecule has 0 aliphatic rings. The van der Waals surface area contributed by atoms with E-state index in [2.05, 4.69) is 10.7 Å². The van der Waals surface area contributed by atoms with Gasteiger partial charge in [-0.25, -0.2) is 0 Å². The van der Waals surface area contributed by atoms with E-state index in [-0.39, 0.29) is 18.2 Å². The van der Waals surface area contributed by atoms with Gasteiger partial charge in [0.1, 0.15) is 11.8 Å². The van der Waals surface area contributed by atoms with Gasteiger partial charge in [-0.3, -0.25) is 20.0 Å². The molecule has 0 aliphatic heterocycles.